The largest absolute Gasteiger partial charge is 0.487 e. The molecule has 1 aliphatic heterocycles. The van der Waals surface area contributed by atoms with Crippen molar-refractivity contribution >= 4 is 0 Å². The molecule has 0 aromatic heterocycles. The van der Waals surface area contributed by atoms with E-state index in [4.69, 9.17) is 10.00 Å². The van der Waals surface area contributed by atoms with E-state index in [2.05, 4.69) is 0 Å². The molecule has 78 valence electrons. The topological polar surface area (TPSA) is 33.0 Å². The first-order valence-electron chi connectivity index (χ1n) is 5.02. The molecule has 0 saturated heterocycles. The standard InChI is InChI=1S/C12H12FNO/c1-7-5-9-4-3-8(2)15-12(9)11(13)10(7)6-14/h5,8H,3-4H2,1-2H3. The highest BCUT2D eigenvalue weighted by Crippen LogP contribution is 2.33. The van der Waals surface area contributed by atoms with Crippen LogP contribution < -0.4 is 4.74 Å². The van der Waals surface area contributed by atoms with Gasteiger partial charge in [0.15, 0.2) is 11.6 Å². The number of hydrogen-bond donors (Lipinski definition) is 0. The average molecular weight is 205 g/mol. The number of rotatable bonds is 0. The number of benzene rings is 1. The van der Waals surface area contributed by atoms with Crippen molar-refractivity contribution < 1.29 is 9.13 Å². The second-order valence-electron chi connectivity index (χ2n) is 3.95. The number of nitrogens with zero attached hydrogens (tertiary/aromatic N) is 1. The molecule has 0 aliphatic carbocycles. The van der Waals surface area contributed by atoms with Gasteiger partial charge in [0.2, 0.25) is 0 Å². The molecule has 3 heteroatoms. The summed E-state index contributed by atoms with van der Waals surface area (Å²) in [5.41, 5.74) is 1.66. The van der Waals surface area contributed by atoms with Crippen LogP contribution in [0.15, 0.2) is 6.07 Å². The lowest BCUT2D eigenvalue weighted by molar-refractivity contribution is 0.183. The van der Waals surface area contributed by atoms with Gasteiger partial charge in [-0.2, -0.15) is 5.26 Å². The van der Waals surface area contributed by atoms with Crippen LogP contribution in [-0.4, -0.2) is 6.10 Å². The molecule has 0 amide bonds. The summed E-state index contributed by atoms with van der Waals surface area (Å²) in [6.45, 7) is 3.66. The molecular formula is C12H12FNO. The number of hydrogen-bond acceptors (Lipinski definition) is 2. The molecule has 15 heavy (non-hydrogen) atoms. The van der Waals surface area contributed by atoms with Crippen molar-refractivity contribution in [2.45, 2.75) is 32.8 Å². The van der Waals surface area contributed by atoms with Gasteiger partial charge >= 0.3 is 0 Å². The Hall–Kier alpha value is -1.56. The summed E-state index contributed by atoms with van der Waals surface area (Å²) in [5.74, 6) is -0.227. The maximum Gasteiger partial charge on any atom is 0.183 e. The Bertz CT molecular complexity index is 448. The third kappa shape index (κ3) is 1.56. The summed E-state index contributed by atoms with van der Waals surface area (Å²) in [7, 11) is 0. The minimum Gasteiger partial charge on any atom is -0.487 e. The van der Waals surface area contributed by atoms with E-state index < -0.39 is 5.82 Å². The van der Waals surface area contributed by atoms with Crippen LogP contribution in [0.1, 0.15) is 30.0 Å². The van der Waals surface area contributed by atoms with Gasteiger partial charge in [-0.3, -0.25) is 0 Å². The Kier molecular flexibility index (Phi) is 2.36. The molecule has 0 bridgehead atoms. The molecule has 1 aromatic rings. The molecule has 0 fully saturated rings. The number of nitriles is 1. The smallest absolute Gasteiger partial charge is 0.183 e. The lowest BCUT2D eigenvalue weighted by atomic mass is 9.97. The fourth-order valence-corrected chi connectivity index (χ4v) is 1.90. The first kappa shape index (κ1) is 9.97. The predicted molar refractivity (Wildman–Crippen MR) is 54.3 cm³/mol. The molecule has 1 aromatic carbocycles. The van der Waals surface area contributed by atoms with Gasteiger partial charge in [0.05, 0.1) is 11.7 Å². The zero-order valence-electron chi connectivity index (χ0n) is 8.80. The minimum atomic E-state index is -0.501. The summed E-state index contributed by atoms with van der Waals surface area (Å²) in [6, 6.07) is 3.72. The minimum absolute atomic E-state index is 0.0289. The molecular weight excluding hydrogens is 193 g/mol. The van der Waals surface area contributed by atoms with Crippen molar-refractivity contribution in [3.8, 4) is 11.8 Å². The fraction of sp³-hybridized carbons (Fsp3) is 0.417. The van der Waals surface area contributed by atoms with Gasteiger partial charge in [-0.1, -0.05) is 6.07 Å². The van der Waals surface area contributed by atoms with Gasteiger partial charge in [0, 0.05) is 0 Å². The lowest BCUT2D eigenvalue weighted by Gasteiger charge is -2.24. The molecule has 1 heterocycles. The van der Waals surface area contributed by atoms with Crippen LogP contribution >= 0.6 is 0 Å². The summed E-state index contributed by atoms with van der Waals surface area (Å²) >= 11 is 0. The number of halogens is 1. The third-order valence-electron chi connectivity index (χ3n) is 2.75. The second kappa shape index (κ2) is 3.54. The molecule has 0 N–H and O–H groups in total. The van der Waals surface area contributed by atoms with Gasteiger partial charge in [0.1, 0.15) is 6.07 Å². The summed E-state index contributed by atoms with van der Waals surface area (Å²) < 4.78 is 19.3. The molecule has 1 unspecified atom stereocenters. The van der Waals surface area contributed by atoms with Gasteiger partial charge in [-0.25, -0.2) is 4.39 Å². The highest BCUT2D eigenvalue weighted by Gasteiger charge is 2.23. The van der Waals surface area contributed by atoms with Crippen molar-refractivity contribution in [2.24, 2.45) is 0 Å². The molecule has 0 spiro atoms. The molecule has 1 atom stereocenters. The second-order valence-corrected chi connectivity index (χ2v) is 3.95. The van der Waals surface area contributed by atoms with E-state index in [1.54, 1.807) is 6.92 Å². The van der Waals surface area contributed by atoms with Crippen LogP contribution in [0.3, 0.4) is 0 Å². The first-order chi connectivity index (χ1) is 7.13. The van der Waals surface area contributed by atoms with E-state index in [9.17, 15) is 4.39 Å². The van der Waals surface area contributed by atoms with Crippen LogP contribution in [0.4, 0.5) is 4.39 Å². The van der Waals surface area contributed by atoms with Gasteiger partial charge in [-0.05, 0) is 37.8 Å². The maximum absolute atomic E-state index is 13.8. The lowest BCUT2D eigenvalue weighted by Crippen LogP contribution is -2.20. The van der Waals surface area contributed by atoms with Crippen molar-refractivity contribution in [3.63, 3.8) is 0 Å². The Morgan fingerprint density at radius 1 is 1.60 bits per heavy atom. The highest BCUT2D eigenvalue weighted by molar-refractivity contribution is 5.50. The molecule has 1 aliphatic rings. The zero-order valence-corrected chi connectivity index (χ0v) is 8.80. The van der Waals surface area contributed by atoms with Crippen molar-refractivity contribution in [2.75, 3.05) is 0 Å². The molecule has 2 nitrogen and oxygen atoms in total. The monoisotopic (exact) mass is 205 g/mol. The summed E-state index contributed by atoms with van der Waals surface area (Å²) in [6.07, 6.45) is 1.75. The zero-order chi connectivity index (χ0) is 11.0. The van der Waals surface area contributed by atoms with E-state index in [0.29, 0.717) is 5.56 Å². The Labute approximate surface area is 88.3 Å². The van der Waals surface area contributed by atoms with Gasteiger partial charge in [-0.15, -0.1) is 0 Å². The average Bonchev–Trinajstić information content (AvgIpc) is 2.20. The van der Waals surface area contributed by atoms with E-state index in [0.717, 1.165) is 18.4 Å². The van der Waals surface area contributed by atoms with E-state index in [1.807, 2.05) is 19.1 Å². The third-order valence-corrected chi connectivity index (χ3v) is 2.75. The van der Waals surface area contributed by atoms with E-state index >= 15 is 0 Å². The molecule has 2 rings (SSSR count). The van der Waals surface area contributed by atoms with E-state index in [1.165, 1.54) is 0 Å². The summed E-state index contributed by atoms with van der Waals surface area (Å²) in [4.78, 5) is 0. The van der Waals surface area contributed by atoms with Crippen LogP contribution in [0.5, 0.6) is 5.75 Å². The van der Waals surface area contributed by atoms with E-state index in [-0.39, 0.29) is 17.4 Å². The van der Waals surface area contributed by atoms with Crippen LogP contribution in [0.2, 0.25) is 0 Å². The number of aryl methyl sites for hydroxylation is 2. The SMILES string of the molecule is Cc1cc2c(c(F)c1C#N)OC(C)CC2. The quantitative estimate of drug-likeness (QED) is 0.652. The molecule has 0 saturated carbocycles. The normalized spacial score (nSPS) is 18.9. The summed E-state index contributed by atoms with van der Waals surface area (Å²) in [5, 5.41) is 8.82. The van der Waals surface area contributed by atoms with Crippen molar-refractivity contribution in [1.82, 2.24) is 0 Å². The van der Waals surface area contributed by atoms with Gasteiger partial charge < -0.3 is 4.74 Å². The highest BCUT2D eigenvalue weighted by atomic mass is 19.1. The van der Waals surface area contributed by atoms with Crippen molar-refractivity contribution in [3.05, 3.63) is 28.6 Å². The Balaban J connectivity index is 2.60. The Morgan fingerprint density at radius 3 is 3.00 bits per heavy atom. The first-order valence-corrected chi connectivity index (χ1v) is 5.02. The van der Waals surface area contributed by atoms with Crippen molar-refractivity contribution in [1.29, 1.82) is 5.26 Å². The van der Waals surface area contributed by atoms with Gasteiger partial charge in [0.25, 0.3) is 0 Å². The number of fused-ring (bicyclic) bond motifs is 1. The predicted octanol–water partition coefficient (Wildman–Crippen LogP) is 2.72. The number of ether oxygens (including phenoxy) is 1. The fourth-order valence-electron chi connectivity index (χ4n) is 1.90. The van der Waals surface area contributed by atoms with Crippen LogP contribution in [0.25, 0.3) is 0 Å². The van der Waals surface area contributed by atoms with Crippen LogP contribution in [0, 0.1) is 24.1 Å². The maximum atomic E-state index is 13.8. The Morgan fingerprint density at radius 2 is 2.33 bits per heavy atom. The van der Waals surface area contributed by atoms with Crippen LogP contribution in [-0.2, 0) is 6.42 Å². The molecule has 0 radical (unpaired) electrons.